The Balaban J connectivity index is 2.52. The Morgan fingerprint density at radius 3 is 2.04 bits per heavy atom. The molecule has 1 aliphatic heterocycles. The summed E-state index contributed by atoms with van der Waals surface area (Å²) in [6, 6.07) is 0. The molecule has 11 heteroatoms. The van der Waals surface area contributed by atoms with Crippen molar-refractivity contribution >= 4 is 5.97 Å². The number of halogens is 8. The van der Waals surface area contributed by atoms with Gasteiger partial charge in [-0.25, -0.2) is 8.78 Å². The Kier molecular flexibility index (Phi) is 6.83. The zero-order valence-corrected chi connectivity index (χ0v) is 12.5. The standard InChI is InChI=1S/C13H17F8NO2/c14-10(15)12(18,19)13(20,21)11(16,17)8-24-9(23)4-7-22-5-2-1-3-6-22/h10H,1-8H2. The van der Waals surface area contributed by atoms with Crippen molar-refractivity contribution in [1.82, 2.24) is 4.90 Å². The van der Waals surface area contributed by atoms with Crippen LogP contribution in [0.25, 0.3) is 0 Å². The van der Waals surface area contributed by atoms with Crippen LogP contribution < -0.4 is 0 Å². The van der Waals surface area contributed by atoms with E-state index in [4.69, 9.17) is 0 Å². The maximum atomic E-state index is 13.2. The Morgan fingerprint density at radius 2 is 1.54 bits per heavy atom. The average molecular weight is 371 g/mol. The van der Waals surface area contributed by atoms with E-state index in [2.05, 4.69) is 4.74 Å². The van der Waals surface area contributed by atoms with Gasteiger partial charge in [0.2, 0.25) is 0 Å². The van der Waals surface area contributed by atoms with Gasteiger partial charge in [0.15, 0.2) is 6.61 Å². The molecule has 0 atom stereocenters. The van der Waals surface area contributed by atoms with Crippen molar-refractivity contribution in [2.75, 3.05) is 26.2 Å². The number of nitrogens with zero attached hydrogens (tertiary/aromatic N) is 1. The van der Waals surface area contributed by atoms with Gasteiger partial charge in [-0.3, -0.25) is 4.79 Å². The Morgan fingerprint density at radius 1 is 1.00 bits per heavy atom. The molecule has 0 radical (unpaired) electrons. The van der Waals surface area contributed by atoms with Crippen molar-refractivity contribution < 1.29 is 44.7 Å². The predicted octanol–water partition coefficient (Wildman–Crippen LogP) is 3.58. The molecule has 0 spiro atoms. The number of carbonyl (C=O) groups is 1. The van der Waals surface area contributed by atoms with Gasteiger partial charge in [0.1, 0.15) is 0 Å². The maximum absolute atomic E-state index is 13.2. The van der Waals surface area contributed by atoms with E-state index in [0.29, 0.717) is 13.1 Å². The number of likely N-dealkylation sites (tertiary alicyclic amines) is 1. The predicted molar refractivity (Wildman–Crippen MR) is 66.7 cm³/mol. The Labute approximate surface area is 132 Å². The summed E-state index contributed by atoms with van der Waals surface area (Å²) >= 11 is 0. The third-order valence-corrected chi connectivity index (χ3v) is 3.65. The second-order valence-corrected chi connectivity index (χ2v) is 5.52. The Hall–Kier alpha value is -1.13. The van der Waals surface area contributed by atoms with Gasteiger partial charge in [-0.1, -0.05) is 6.42 Å². The summed E-state index contributed by atoms with van der Waals surface area (Å²) in [7, 11) is 0. The summed E-state index contributed by atoms with van der Waals surface area (Å²) in [6.07, 6.45) is -2.59. The minimum Gasteiger partial charge on any atom is -0.459 e. The van der Waals surface area contributed by atoms with Gasteiger partial charge in [0.05, 0.1) is 6.42 Å². The molecule has 0 aliphatic carbocycles. The molecule has 0 bridgehead atoms. The first-order valence-electron chi connectivity index (χ1n) is 7.21. The molecular weight excluding hydrogens is 354 g/mol. The highest BCUT2D eigenvalue weighted by Crippen LogP contribution is 2.48. The first kappa shape index (κ1) is 20.9. The van der Waals surface area contributed by atoms with E-state index in [1.54, 1.807) is 0 Å². The monoisotopic (exact) mass is 371 g/mol. The first-order chi connectivity index (χ1) is 10.9. The molecule has 1 saturated heterocycles. The molecule has 0 aromatic heterocycles. The molecule has 1 rings (SSSR count). The number of hydrogen-bond acceptors (Lipinski definition) is 3. The highest BCUT2D eigenvalue weighted by molar-refractivity contribution is 5.69. The van der Waals surface area contributed by atoms with Crippen molar-refractivity contribution in [1.29, 1.82) is 0 Å². The number of esters is 1. The van der Waals surface area contributed by atoms with Gasteiger partial charge >= 0.3 is 30.2 Å². The van der Waals surface area contributed by atoms with Gasteiger partial charge in [0.25, 0.3) is 0 Å². The number of ether oxygens (including phenoxy) is 1. The quantitative estimate of drug-likeness (QED) is 0.483. The molecule has 0 unspecified atom stereocenters. The van der Waals surface area contributed by atoms with Crippen LogP contribution >= 0.6 is 0 Å². The lowest BCUT2D eigenvalue weighted by molar-refractivity contribution is -0.344. The fourth-order valence-electron chi connectivity index (χ4n) is 2.15. The number of alkyl halides is 8. The smallest absolute Gasteiger partial charge is 0.381 e. The molecule has 142 valence electrons. The van der Waals surface area contributed by atoms with Gasteiger partial charge in [-0.05, 0) is 25.9 Å². The summed E-state index contributed by atoms with van der Waals surface area (Å²) < 4.78 is 105. The average Bonchev–Trinajstić information content (AvgIpc) is 2.51. The topological polar surface area (TPSA) is 29.5 Å². The molecule has 0 N–H and O–H groups in total. The zero-order chi connectivity index (χ0) is 18.6. The van der Waals surface area contributed by atoms with Crippen LogP contribution in [0.15, 0.2) is 0 Å². The summed E-state index contributed by atoms with van der Waals surface area (Å²) in [5.74, 6) is -19.5. The third kappa shape index (κ3) is 4.70. The van der Waals surface area contributed by atoms with E-state index in [-0.39, 0.29) is 6.54 Å². The molecule has 1 fully saturated rings. The van der Waals surface area contributed by atoms with E-state index >= 15 is 0 Å². The number of carbonyl (C=O) groups excluding carboxylic acids is 1. The zero-order valence-electron chi connectivity index (χ0n) is 12.5. The number of rotatable bonds is 8. The van der Waals surface area contributed by atoms with Crippen LogP contribution in [-0.4, -0.2) is 61.3 Å². The molecular formula is C13H17F8NO2. The fraction of sp³-hybridized carbons (Fsp3) is 0.923. The maximum Gasteiger partial charge on any atom is 0.381 e. The van der Waals surface area contributed by atoms with Crippen LogP contribution in [0.3, 0.4) is 0 Å². The van der Waals surface area contributed by atoms with Crippen LogP contribution in [0.4, 0.5) is 35.1 Å². The molecule has 0 saturated carbocycles. The summed E-state index contributed by atoms with van der Waals surface area (Å²) in [6.45, 7) is -0.890. The molecule has 1 aliphatic rings. The highest BCUT2D eigenvalue weighted by Gasteiger charge is 2.75. The van der Waals surface area contributed by atoms with Crippen molar-refractivity contribution in [3.63, 3.8) is 0 Å². The molecule has 0 aromatic rings. The lowest BCUT2D eigenvalue weighted by atomic mass is 10.1. The van der Waals surface area contributed by atoms with Crippen LogP contribution in [0.5, 0.6) is 0 Å². The normalized spacial score (nSPS) is 18.0. The number of piperidine rings is 1. The largest absolute Gasteiger partial charge is 0.459 e. The van der Waals surface area contributed by atoms with Gasteiger partial charge in [0, 0.05) is 6.54 Å². The lowest BCUT2D eigenvalue weighted by Gasteiger charge is -2.31. The van der Waals surface area contributed by atoms with Gasteiger partial charge in [-0.2, -0.15) is 26.3 Å². The van der Waals surface area contributed by atoms with E-state index < -0.39 is 43.2 Å². The van der Waals surface area contributed by atoms with Crippen molar-refractivity contribution in [3.8, 4) is 0 Å². The Bertz CT molecular complexity index is 424. The van der Waals surface area contributed by atoms with Gasteiger partial charge < -0.3 is 9.64 Å². The molecule has 1 heterocycles. The van der Waals surface area contributed by atoms with E-state index in [9.17, 15) is 39.9 Å². The highest BCUT2D eigenvalue weighted by atomic mass is 19.4. The minimum absolute atomic E-state index is 0.147. The van der Waals surface area contributed by atoms with Crippen molar-refractivity contribution in [2.45, 2.75) is 49.9 Å². The number of hydrogen-bond donors (Lipinski definition) is 0. The van der Waals surface area contributed by atoms with E-state index in [0.717, 1.165) is 19.3 Å². The molecule has 24 heavy (non-hydrogen) atoms. The van der Waals surface area contributed by atoms with Crippen LogP contribution in [0.1, 0.15) is 25.7 Å². The van der Waals surface area contributed by atoms with Crippen LogP contribution in [0, 0.1) is 0 Å². The van der Waals surface area contributed by atoms with Crippen LogP contribution in [-0.2, 0) is 9.53 Å². The lowest BCUT2D eigenvalue weighted by Crippen LogP contribution is -2.59. The third-order valence-electron chi connectivity index (χ3n) is 3.65. The second kappa shape index (κ2) is 7.83. The molecule has 0 aromatic carbocycles. The second-order valence-electron chi connectivity index (χ2n) is 5.52. The van der Waals surface area contributed by atoms with Crippen LogP contribution in [0.2, 0.25) is 0 Å². The summed E-state index contributed by atoms with van der Waals surface area (Å²) in [4.78, 5) is 13.1. The SMILES string of the molecule is O=C(CCN1CCCCC1)OCC(F)(F)C(F)(F)C(F)(F)C(F)F. The van der Waals surface area contributed by atoms with E-state index in [1.807, 2.05) is 4.90 Å². The minimum atomic E-state index is -6.36. The molecule has 3 nitrogen and oxygen atoms in total. The molecule has 0 amide bonds. The summed E-state index contributed by atoms with van der Waals surface area (Å²) in [5.41, 5.74) is 0. The fourth-order valence-corrected chi connectivity index (χ4v) is 2.15. The van der Waals surface area contributed by atoms with E-state index in [1.165, 1.54) is 0 Å². The summed E-state index contributed by atoms with van der Waals surface area (Å²) in [5, 5.41) is 0. The first-order valence-corrected chi connectivity index (χ1v) is 7.21. The van der Waals surface area contributed by atoms with Crippen molar-refractivity contribution in [2.24, 2.45) is 0 Å². The van der Waals surface area contributed by atoms with Gasteiger partial charge in [-0.15, -0.1) is 0 Å². The van der Waals surface area contributed by atoms with Crippen molar-refractivity contribution in [3.05, 3.63) is 0 Å².